The molecular formula is C32H32N6O3S. The third-order valence-electron chi connectivity index (χ3n) is 7.95. The lowest BCUT2D eigenvalue weighted by atomic mass is 9.98. The molecule has 0 radical (unpaired) electrons. The number of pyridine rings is 1. The van der Waals surface area contributed by atoms with Crippen LogP contribution in [-0.2, 0) is 4.79 Å². The Labute approximate surface area is 248 Å². The summed E-state index contributed by atoms with van der Waals surface area (Å²) in [6.07, 6.45) is 6.87. The monoisotopic (exact) mass is 580 g/mol. The van der Waals surface area contributed by atoms with Crippen LogP contribution in [0.2, 0.25) is 0 Å². The molecule has 2 N–H and O–H groups in total. The fourth-order valence-electron chi connectivity index (χ4n) is 5.86. The number of allylic oxidation sites excluding steroid dienone is 1. The van der Waals surface area contributed by atoms with E-state index in [1.807, 2.05) is 72.4 Å². The van der Waals surface area contributed by atoms with Crippen molar-refractivity contribution in [3.8, 4) is 23.3 Å². The molecule has 4 aromatic rings. The number of hydrogen-bond acceptors (Lipinski definition) is 7. The van der Waals surface area contributed by atoms with Crippen molar-refractivity contribution in [2.24, 2.45) is 5.92 Å². The van der Waals surface area contributed by atoms with Crippen molar-refractivity contribution < 1.29 is 9.53 Å². The molecule has 2 saturated heterocycles. The highest BCUT2D eigenvalue weighted by Crippen LogP contribution is 2.31. The van der Waals surface area contributed by atoms with Gasteiger partial charge < -0.3 is 15.4 Å². The van der Waals surface area contributed by atoms with Crippen LogP contribution in [0.3, 0.4) is 0 Å². The minimum atomic E-state index is -0.271. The van der Waals surface area contributed by atoms with Crippen LogP contribution >= 0.6 is 11.8 Å². The van der Waals surface area contributed by atoms with Gasteiger partial charge in [0.15, 0.2) is 0 Å². The highest BCUT2D eigenvalue weighted by Gasteiger charge is 2.31. The van der Waals surface area contributed by atoms with Gasteiger partial charge in [-0.25, -0.2) is 9.78 Å². The number of thioether (sulfide) groups is 1. The Kier molecular flexibility index (Phi) is 8.02. The van der Waals surface area contributed by atoms with Crippen molar-refractivity contribution in [3.05, 3.63) is 89.0 Å². The summed E-state index contributed by atoms with van der Waals surface area (Å²) in [5.41, 5.74) is 8.11. The Morgan fingerprint density at radius 3 is 2.52 bits per heavy atom. The Hall–Kier alpha value is -4.49. The van der Waals surface area contributed by atoms with Crippen molar-refractivity contribution in [3.63, 3.8) is 0 Å². The van der Waals surface area contributed by atoms with Crippen molar-refractivity contribution in [1.82, 2.24) is 19.0 Å². The van der Waals surface area contributed by atoms with E-state index in [1.165, 1.54) is 0 Å². The molecule has 0 bridgehead atoms. The zero-order valence-corrected chi connectivity index (χ0v) is 24.0. The normalized spacial score (nSPS) is 18.1. The average Bonchev–Trinajstić information content (AvgIpc) is 3.33. The highest BCUT2D eigenvalue weighted by atomic mass is 32.2. The number of hydrogen-bond donors (Lipinski definition) is 1. The maximum absolute atomic E-state index is 14.1. The van der Waals surface area contributed by atoms with Crippen LogP contribution in [0.15, 0.2) is 83.3 Å². The van der Waals surface area contributed by atoms with Crippen LogP contribution in [0.25, 0.3) is 16.7 Å². The Morgan fingerprint density at radius 1 is 1.05 bits per heavy atom. The molecule has 214 valence electrons. The summed E-state index contributed by atoms with van der Waals surface area (Å²) < 4.78 is 9.23. The number of rotatable bonds is 6. The first-order chi connectivity index (χ1) is 20.5. The van der Waals surface area contributed by atoms with Gasteiger partial charge in [-0.05, 0) is 85.6 Å². The summed E-state index contributed by atoms with van der Waals surface area (Å²) in [5.74, 6) is 3.70. The third kappa shape index (κ3) is 5.52. The number of amides is 1. The number of nitrogen functional groups attached to an aromatic ring is 1. The minimum absolute atomic E-state index is 0.202. The molecule has 2 aliphatic heterocycles. The number of anilines is 1. The molecule has 0 saturated carbocycles. The number of nitrogens with zero attached hydrogens (tertiary/aromatic N) is 5. The van der Waals surface area contributed by atoms with Crippen molar-refractivity contribution in [2.75, 3.05) is 30.3 Å². The van der Waals surface area contributed by atoms with E-state index in [-0.39, 0.29) is 34.9 Å². The van der Waals surface area contributed by atoms with Crippen molar-refractivity contribution in [2.45, 2.75) is 31.7 Å². The van der Waals surface area contributed by atoms with Gasteiger partial charge >= 0.3 is 5.69 Å². The summed E-state index contributed by atoms with van der Waals surface area (Å²) in [6, 6.07) is 20.4. The number of aromatic nitrogens is 3. The van der Waals surface area contributed by atoms with Crippen molar-refractivity contribution in [1.29, 1.82) is 5.26 Å². The molecule has 2 fully saturated rings. The van der Waals surface area contributed by atoms with Crippen LogP contribution in [-0.4, -0.2) is 49.5 Å². The second kappa shape index (κ2) is 12.2. The average molecular weight is 581 g/mol. The SMILES string of the molecule is N#CC(=CC1CCSCC1)C(=O)N1CCC[C@@H](n2c(=O)n(-c3ccc(Oc4ccccc4)cc3)c3c(N)nccc32)C1. The number of carbonyl (C=O) groups excluding carboxylic acids is 1. The Balaban J connectivity index is 1.31. The molecule has 1 atom stereocenters. The van der Waals surface area contributed by atoms with Gasteiger partial charge in [0, 0.05) is 19.3 Å². The number of fused-ring (bicyclic) bond motifs is 1. The largest absolute Gasteiger partial charge is 0.457 e. The molecule has 2 aliphatic rings. The number of ether oxygens (including phenoxy) is 1. The van der Waals surface area contributed by atoms with E-state index in [9.17, 15) is 14.9 Å². The fourth-order valence-corrected chi connectivity index (χ4v) is 7.01. The summed E-state index contributed by atoms with van der Waals surface area (Å²) >= 11 is 1.91. The standard InChI is InChI=1S/C32H32N6O3S/c33-20-23(19-22-13-17-42-18-14-22)31(39)36-16-4-5-25(21-36)37-28-12-15-35-30(34)29(28)38(32(37)40)24-8-10-27(11-9-24)41-26-6-2-1-3-7-26/h1-3,6-12,15,19,22,25H,4-5,13-14,16-18,21H2,(H2,34,35)/t25-/m1/s1. The summed E-state index contributed by atoms with van der Waals surface area (Å²) in [6.45, 7) is 0.887. The lowest BCUT2D eigenvalue weighted by Gasteiger charge is -2.33. The molecule has 10 heteroatoms. The van der Waals surface area contributed by atoms with Gasteiger partial charge in [-0.15, -0.1) is 0 Å². The maximum Gasteiger partial charge on any atom is 0.334 e. The third-order valence-corrected chi connectivity index (χ3v) is 9.00. The predicted octanol–water partition coefficient (Wildman–Crippen LogP) is 5.32. The van der Waals surface area contributed by atoms with E-state index in [1.54, 1.807) is 26.3 Å². The van der Waals surface area contributed by atoms with Gasteiger partial charge in [-0.3, -0.25) is 13.9 Å². The lowest BCUT2D eigenvalue weighted by Crippen LogP contribution is -2.43. The molecule has 42 heavy (non-hydrogen) atoms. The molecule has 0 spiro atoms. The Bertz CT molecular complexity index is 1720. The summed E-state index contributed by atoms with van der Waals surface area (Å²) in [7, 11) is 0. The quantitative estimate of drug-likeness (QED) is 0.242. The molecule has 2 aromatic heterocycles. The van der Waals surface area contributed by atoms with Gasteiger partial charge in [0.1, 0.15) is 34.5 Å². The number of benzene rings is 2. The summed E-state index contributed by atoms with van der Waals surface area (Å²) in [4.78, 5) is 33.5. The fraction of sp³-hybridized carbons (Fsp3) is 0.312. The van der Waals surface area contributed by atoms with Crippen LogP contribution in [0.4, 0.5) is 5.82 Å². The number of para-hydroxylation sites is 1. The number of nitriles is 1. The van der Waals surface area contributed by atoms with Crippen molar-refractivity contribution >= 4 is 34.5 Å². The maximum atomic E-state index is 14.1. The smallest absolute Gasteiger partial charge is 0.334 e. The van der Waals surface area contributed by atoms with Crippen LogP contribution in [0.5, 0.6) is 11.5 Å². The molecule has 2 aromatic carbocycles. The van der Waals surface area contributed by atoms with Crippen LogP contribution in [0.1, 0.15) is 31.7 Å². The second-order valence-corrected chi connectivity index (χ2v) is 11.9. The second-order valence-electron chi connectivity index (χ2n) is 10.7. The van der Waals surface area contributed by atoms with E-state index < -0.39 is 0 Å². The number of piperidine rings is 1. The Morgan fingerprint density at radius 2 is 1.79 bits per heavy atom. The highest BCUT2D eigenvalue weighted by molar-refractivity contribution is 7.99. The number of imidazole rings is 1. The van der Waals surface area contributed by atoms with E-state index in [4.69, 9.17) is 10.5 Å². The van der Waals surface area contributed by atoms with Gasteiger partial charge in [-0.1, -0.05) is 24.3 Å². The van der Waals surface area contributed by atoms with E-state index >= 15 is 0 Å². The first kappa shape index (κ1) is 27.7. The lowest BCUT2D eigenvalue weighted by molar-refractivity contribution is -0.128. The topological polar surface area (TPSA) is 119 Å². The van der Waals surface area contributed by atoms with E-state index in [0.29, 0.717) is 35.6 Å². The van der Waals surface area contributed by atoms with Gasteiger partial charge in [0.25, 0.3) is 5.91 Å². The number of likely N-dealkylation sites (tertiary alicyclic amines) is 1. The molecule has 0 aliphatic carbocycles. The molecule has 6 rings (SSSR count). The molecule has 1 amide bonds. The van der Waals surface area contributed by atoms with Crippen LogP contribution < -0.4 is 16.2 Å². The molecule has 4 heterocycles. The minimum Gasteiger partial charge on any atom is -0.457 e. The number of nitrogens with two attached hydrogens (primary N) is 1. The summed E-state index contributed by atoms with van der Waals surface area (Å²) in [5, 5.41) is 9.83. The zero-order valence-electron chi connectivity index (χ0n) is 23.2. The zero-order chi connectivity index (χ0) is 29.1. The molecule has 0 unspecified atom stereocenters. The first-order valence-electron chi connectivity index (χ1n) is 14.2. The first-order valence-corrected chi connectivity index (χ1v) is 15.4. The van der Waals surface area contributed by atoms with Gasteiger partial charge in [-0.2, -0.15) is 17.0 Å². The van der Waals surface area contributed by atoms with Gasteiger partial charge in [0.2, 0.25) is 0 Å². The number of carbonyl (C=O) groups is 1. The molecule has 9 nitrogen and oxygen atoms in total. The predicted molar refractivity (Wildman–Crippen MR) is 165 cm³/mol. The van der Waals surface area contributed by atoms with Crippen LogP contribution in [0, 0.1) is 17.2 Å². The van der Waals surface area contributed by atoms with E-state index in [2.05, 4.69) is 11.1 Å². The van der Waals surface area contributed by atoms with Gasteiger partial charge in [0.05, 0.1) is 17.2 Å². The van der Waals surface area contributed by atoms with E-state index in [0.717, 1.165) is 42.9 Å². The molecular weight excluding hydrogens is 548 g/mol.